The number of allylic oxidation sites excluding steroid dienone is 2. The first kappa shape index (κ1) is 10.6. The Morgan fingerprint density at radius 2 is 2.18 bits per heavy atom. The van der Waals surface area contributed by atoms with Gasteiger partial charge in [-0.15, -0.1) is 0 Å². The number of rotatable bonds is 2. The zero-order valence-electron chi connectivity index (χ0n) is 9.85. The van der Waals surface area contributed by atoms with Crippen LogP contribution in [0, 0.1) is 11.8 Å². The minimum Gasteiger partial charge on any atom is -0.311 e. The van der Waals surface area contributed by atoms with Crippen LogP contribution >= 0.6 is 0 Å². The first-order valence-electron chi connectivity index (χ1n) is 6.21. The van der Waals surface area contributed by atoms with Gasteiger partial charge in [0.2, 0.25) is 0 Å². The fourth-order valence-electron chi connectivity index (χ4n) is 3.18. The van der Waals surface area contributed by atoms with E-state index in [1.165, 1.54) is 11.0 Å². The first-order valence-corrected chi connectivity index (χ1v) is 6.21. The summed E-state index contributed by atoms with van der Waals surface area (Å²) in [7, 11) is 0. The molecule has 1 saturated carbocycles. The van der Waals surface area contributed by atoms with Crippen LogP contribution in [-0.4, -0.2) is 9.55 Å². The summed E-state index contributed by atoms with van der Waals surface area (Å²) in [6.07, 6.45) is 6.71. The fraction of sp³-hybridized carbons (Fsp3) is 0.538. The van der Waals surface area contributed by atoms with Crippen LogP contribution in [0.15, 0.2) is 27.8 Å². The molecule has 0 unspecified atom stereocenters. The number of H-pyrrole nitrogens is 1. The van der Waals surface area contributed by atoms with Crippen molar-refractivity contribution < 1.29 is 0 Å². The van der Waals surface area contributed by atoms with Gasteiger partial charge in [0.1, 0.15) is 0 Å². The van der Waals surface area contributed by atoms with Gasteiger partial charge in [-0.25, -0.2) is 4.79 Å². The van der Waals surface area contributed by atoms with Crippen LogP contribution in [0.1, 0.15) is 31.4 Å². The predicted molar refractivity (Wildman–Crippen MR) is 65.1 cm³/mol. The van der Waals surface area contributed by atoms with Crippen molar-refractivity contribution in [1.29, 1.82) is 0 Å². The number of hydrogen-bond donors (Lipinski definition) is 1. The second-order valence-electron chi connectivity index (χ2n) is 5.00. The minimum absolute atomic E-state index is 0.182. The number of nitrogens with zero attached hydrogens (tertiary/aromatic N) is 1. The summed E-state index contributed by atoms with van der Waals surface area (Å²) in [6.45, 7) is 2.22. The van der Waals surface area contributed by atoms with Crippen LogP contribution in [0.4, 0.5) is 0 Å². The number of hydrogen-bond acceptors (Lipinski definition) is 2. The van der Waals surface area contributed by atoms with Gasteiger partial charge in [-0.1, -0.05) is 12.2 Å². The molecule has 90 valence electrons. The van der Waals surface area contributed by atoms with Crippen molar-refractivity contribution in [3.8, 4) is 0 Å². The molecule has 0 amide bonds. The smallest absolute Gasteiger partial charge is 0.311 e. The molecule has 1 N–H and O–H groups in total. The zero-order chi connectivity index (χ0) is 12.0. The van der Waals surface area contributed by atoms with Crippen molar-refractivity contribution in [2.24, 2.45) is 11.8 Å². The van der Waals surface area contributed by atoms with Gasteiger partial charge in [0.15, 0.2) is 0 Å². The molecule has 3 atom stereocenters. The summed E-state index contributed by atoms with van der Waals surface area (Å²) in [4.78, 5) is 26.4. The second-order valence-corrected chi connectivity index (χ2v) is 5.00. The van der Waals surface area contributed by atoms with Crippen LogP contribution in [0.25, 0.3) is 0 Å². The lowest BCUT2D eigenvalue weighted by Crippen LogP contribution is -2.35. The van der Waals surface area contributed by atoms with E-state index >= 15 is 0 Å². The van der Waals surface area contributed by atoms with Crippen molar-refractivity contribution in [3.05, 3.63) is 44.8 Å². The molecule has 0 aromatic carbocycles. The highest BCUT2D eigenvalue weighted by Crippen LogP contribution is 2.47. The molecule has 1 aromatic rings. The molecule has 2 aliphatic rings. The van der Waals surface area contributed by atoms with Crippen molar-refractivity contribution in [2.75, 3.05) is 0 Å². The largest absolute Gasteiger partial charge is 0.328 e. The summed E-state index contributed by atoms with van der Waals surface area (Å²) in [5, 5.41) is 0. The molecule has 0 saturated heterocycles. The van der Waals surface area contributed by atoms with Gasteiger partial charge in [-0.05, 0) is 31.6 Å². The van der Waals surface area contributed by atoms with Gasteiger partial charge < -0.3 is 4.98 Å². The maximum Gasteiger partial charge on any atom is 0.328 e. The molecule has 4 nitrogen and oxygen atoms in total. The van der Waals surface area contributed by atoms with Crippen molar-refractivity contribution in [1.82, 2.24) is 9.55 Å². The lowest BCUT2D eigenvalue weighted by molar-refractivity contribution is 0.553. The molecule has 1 fully saturated rings. The molecule has 0 radical (unpaired) electrons. The van der Waals surface area contributed by atoms with E-state index in [2.05, 4.69) is 17.1 Å². The number of aromatic nitrogens is 2. The Morgan fingerprint density at radius 3 is 2.71 bits per heavy atom. The molecular weight excluding hydrogens is 216 g/mol. The standard InChI is InChI=1S/C13H16N2O2/c1-2-15-12(16)7-11(14-13(15)17)10-6-8-3-4-9(10)5-8/h3-4,7-10H,2,5-6H2,1H3,(H,14,17)/t8-,9-,10-/m0/s1. The quantitative estimate of drug-likeness (QED) is 0.780. The summed E-state index contributed by atoms with van der Waals surface area (Å²) in [5.41, 5.74) is 0.362. The van der Waals surface area contributed by atoms with E-state index in [9.17, 15) is 9.59 Å². The highest BCUT2D eigenvalue weighted by atomic mass is 16.2. The summed E-state index contributed by atoms with van der Waals surface area (Å²) in [6, 6.07) is 1.60. The first-order chi connectivity index (χ1) is 8.19. The molecule has 17 heavy (non-hydrogen) atoms. The molecule has 1 heterocycles. The summed E-state index contributed by atoms with van der Waals surface area (Å²) < 4.78 is 1.23. The summed E-state index contributed by atoms with van der Waals surface area (Å²) >= 11 is 0. The third-order valence-corrected chi connectivity index (χ3v) is 4.04. The van der Waals surface area contributed by atoms with E-state index in [0.717, 1.165) is 12.1 Å². The van der Waals surface area contributed by atoms with Gasteiger partial charge in [-0.3, -0.25) is 9.36 Å². The van der Waals surface area contributed by atoms with Crippen LogP contribution in [0.5, 0.6) is 0 Å². The zero-order valence-corrected chi connectivity index (χ0v) is 9.85. The van der Waals surface area contributed by atoms with Gasteiger partial charge in [0, 0.05) is 24.2 Å². The Kier molecular flexibility index (Phi) is 2.31. The number of aromatic amines is 1. The lowest BCUT2D eigenvalue weighted by atomic mass is 9.90. The Morgan fingerprint density at radius 1 is 1.35 bits per heavy atom. The average molecular weight is 232 g/mol. The van der Waals surface area contributed by atoms with Gasteiger partial charge >= 0.3 is 5.69 Å². The summed E-state index contributed by atoms with van der Waals surface area (Å²) in [5.74, 6) is 1.48. The third kappa shape index (κ3) is 1.59. The monoisotopic (exact) mass is 232 g/mol. The molecular formula is C13H16N2O2. The Balaban J connectivity index is 2.03. The highest BCUT2D eigenvalue weighted by Gasteiger charge is 2.37. The average Bonchev–Trinajstić information content (AvgIpc) is 2.90. The second kappa shape index (κ2) is 3.72. The predicted octanol–water partition coefficient (Wildman–Crippen LogP) is 1.24. The van der Waals surface area contributed by atoms with Crippen molar-refractivity contribution in [2.45, 2.75) is 32.2 Å². The maximum absolute atomic E-state index is 11.8. The van der Waals surface area contributed by atoms with Crippen LogP contribution in [0.3, 0.4) is 0 Å². The normalized spacial score (nSPS) is 30.1. The molecule has 0 aliphatic heterocycles. The van der Waals surface area contributed by atoms with E-state index in [0.29, 0.717) is 24.3 Å². The molecule has 3 rings (SSSR count). The molecule has 2 aliphatic carbocycles. The topological polar surface area (TPSA) is 54.9 Å². The highest BCUT2D eigenvalue weighted by molar-refractivity contribution is 5.21. The van der Waals surface area contributed by atoms with E-state index < -0.39 is 0 Å². The van der Waals surface area contributed by atoms with E-state index in [-0.39, 0.29) is 11.2 Å². The van der Waals surface area contributed by atoms with E-state index in [1.807, 2.05) is 0 Å². The van der Waals surface area contributed by atoms with E-state index in [4.69, 9.17) is 0 Å². The Labute approximate surface area is 99.0 Å². The Hall–Kier alpha value is -1.58. The molecule has 2 bridgehead atoms. The minimum atomic E-state index is -0.276. The molecule has 1 aromatic heterocycles. The SMILES string of the molecule is CCn1c(=O)cc([C@H]2C[C@H]3C=C[C@H]2C3)[nH]c1=O. The van der Waals surface area contributed by atoms with Gasteiger partial charge in [0.05, 0.1) is 0 Å². The van der Waals surface area contributed by atoms with Crippen LogP contribution in [0.2, 0.25) is 0 Å². The molecule has 4 heteroatoms. The Bertz CT molecular complexity index is 551. The third-order valence-electron chi connectivity index (χ3n) is 4.04. The van der Waals surface area contributed by atoms with Gasteiger partial charge in [-0.2, -0.15) is 0 Å². The van der Waals surface area contributed by atoms with E-state index in [1.54, 1.807) is 13.0 Å². The van der Waals surface area contributed by atoms with Crippen LogP contribution in [-0.2, 0) is 6.54 Å². The van der Waals surface area contributed by atoms with Crippen molar-refractivity contribution in [3.63, 3.8) is 0 Å². The maximum atomic E-state index is 11.8. The van der Waals surface area contributed by atoms with Crippen molar-refractivity contribution >= 4 is 0 Å². The molecule has 0 spiro atoms. The number of fused-ring (bicyclic) bond motifs is 2. The van der Waals surface area contributed by atoms with Crippen LogP contribution < -0.4 is 11.2 Å². The lowest BCUT2D eigenvalue weighted by Gasteiger charge is -2.18. The number of nitrogens with one attached hydrogen (secondary N) is 1. The fourth-order valence-corrected chi connectivity index (χ4v) is 3.18. The van der Waals surface area contributed by atoms with Gasteiger partial charge in [0.25, 0.3) is 5.56 Å².